The first-order valence-corrected chi connectivity index (χ1v) is 12.7. The fourth-order valence-electron chi connectivity index (χ4n) is 4.23. The number of esters is 1. The molecule has 0 saturated carbocycles. The van der Waals surface area contributed by atoms with E-state index in [-0.39, 0.29) is 30.4 Å². The highest BCUT2D eigenvalue weighted by Gasteiger charge is 2.27. The number of benzene rings is 2. The third-order valence-electron chi connectivity index (χ3n) is 6.32. The number of methoxy groups -OCH3 is 1. The standard InChI is InChI=1S/C30H34FN3O5/c1-19(2)28-26(15-14-24(35)16-25(36)17-27(37)39-5)34(23-12-10-22(31)11-13-23)32-29(28)30(38)33(4)18-21-9-7-6-8-20(21)3/h6-15,19,25,36H,16-18H2,1-5H3/b15-14+/t25-/m1/s1. The van der Waals surface area contributed by atoms with Crippen LogP contribution >= 0.6 is 0 Å². The lowest BCUT2D eigenvalue weighted by Crippen LogP contribution is -2.28. The second kappa shape index (κ2) is 13.1. The van der Waals surface area contributed by atoms with Crippen LogP contribution in [-0.4, -0.2) is 57.7 Å². The van der Waals surface area contributed by atoms with E-state index in [1.165, 1.54) is 48.2 Å². The maximum atomic E-state index is 13.7. The molecule has 2 aromatic carbocycles. The summed E-state index contributed by atoms with van der Waals surface area (Å²) >= 11 is 0. The van der Waals surface area contributed by atoms with Crippen molar-refractivity contribution in [3.05, 3.63) is 88.5 Å². The lowest BCUT2D eigenvalue weighted by molar-refractivity contribution is -0.143. The minimum absolute atomic E-state index is 0.148. The molecule has 1 aromatic heterocycles. The van der Waals surface area contributed by atoms with Crippen LogP contribution < -0.4 is 0 Å². The number of amides is 1. The molecule has 1 amide bonds. The van der Waals surface area contributed by atoms with Gasteiger partial charge in [0.2, 0.25) is 0 Å². The third-order valence-corrected chi connectivity index (χ3v) is 6.32. The molecular weight excluding hydrogens is 501 g/mol. The summed E-state index contributed by atoms with van der Waals surface area (Å²) in [6.07, 6.45) is 1.06. The van der Waals surface area contributed by atoms with Crippen molar-refractivity contribution >= 4 is 23.7 Å². The number of carbonyl (C=O) groups excluding carboxylic acids is 3. The Kier molecular flexibility index (Phi) is 9.89. The van der Waals surface area contributed by atoms with Crippen LogP contribution in [0.15, 0.2) is 54.6 Å². The summed E-state index contributed by atoms with van der Waals surface area (Å²) in [4.78, 5) is 39.3. The zero-order chi connectivity index (χ0) is 28.7. The van der Waals surface area contributed by atoms with E-state index >= 15 is 0 Å². The number of aliphatic hydroxyl groups excluding tert-OH is 1. The maximum Gasteiger partial charge on any atom is 0.308 e. The number of rotatable bonds is 11. The van der Waals surface area contributed by atoms with Crippen LogP contribution in [0.5, 0.6) is 0 Å². The molecule has 0 aliphatic heterocycles. The number of hydrogen-bond donors (Lipinski definition) is 1. The van der Waals surface area contributed by atoms with E-state index < -0.39 is 23.7 Å². The number of ether oxygens (including phenoxy) is 1. The Morgan fingerprint density at radius 1 is 1.10 bits per heavy atom. The van der Waals surface area contributed by atoms with Crippen molar-refractivity contribution < 1.29 is 28.6 Å². The summed E-state index contributed by atoms with van der Waals surface area (Å²) in [5, 5.41) is 14.7. The van der Waals surface area contributed by atoms with Crippen molar-refractivity contribution in [2.75, 3.05) is 14.2 Å². The number of aromatic nitrogens is 2. The molecule has 3 rings (SSSR count). The van der Waals surface area contributed by atoms with Crippen LogP contribution in [0, 0.1) is 12.7 Å². The zero-order valence-corrected chi connectivity index (χ0v) is 22.8. The fraction of sp³-hybridized carbons (Fsp3) is 0.333. The smallest absolute Gasteiger partial charge is 0.308 e. The van der Waals surface area contributed by atoms with Gasteiger partial charge in [-0.05, 0) is 60.4 Å². The number of allylic oxidation sites excluding steroid dienone is 1. The van der Waals surface area contributed by atoms with Gasteiger partial charge in [0, 0.05) is 25.6 Å². The molecule has 8 nitrogen and oxygen atoms in total. The van der Waals surface area contributed by atoms with Gasteiger partial charge in [0.15, 0.2) is 11.5 Å². The molecule has 0 aliphatic carbocycles. The van der Waals surface area contributed by atoms with Crippen LogP contribution in [0.25, 0.3) is 11.8 Å². The Morgan fingerprint density at radius 3 is 2.38 bits per heavy atom. The van der Waals surface area contributed by atoms with Gasteiger partial charge in [0.05, 0.1) is 31.0 Å². The highest BCUT2D eigenvalue weighted by molar-refractivity contribution is 5.97. The lowest BCUT2D eigenvalue weighted by Gasteiger charge is -2.18. The molecule has 1 atom stereocenters. The highest BCUT2D eigenvalue weighted by atomic mass is 19.1. The lowest BCUT2D eigenvalue weighted by atomic mass is 9.98. The van der Waals surface area contributed by atoms with Gasteiger partial charge < -0.3 is 14.7 Å². The zero-order valence-electron chi connectivity index (χ0n) is 22.8. The normalized spacial score (nSPS) is 12.1. The molecule has 0 spiro atoms. The second-order valence-electron chi connectivity index (χ2n) is 9.72. The summed E-state index contributed by atoms with van der Waals surface area (Å²) in [5.41, 5.74) is 3.92. The first kappa shape index (κ1) is 29.4. The predicted octanol–water partition coefficient (Wildman–Crippen LogP) is 4.61. The number of aliphatic hydroxyl groups is 1. The molecule has 9 heteroatoms. The monoisotopic (exact) mass is 535 g/mol. The molecule has 1 N–H and O–H groups in total. The third kappa shape index (κ3) is 7.48. The van der Waals surface area contributed by atoms with Crippen LogP contribution in [0.4, 0.5) is 4.39 Å². The molecular formula is C30H34FN3O5. The molecule has 0 radical (unpaired) electrons. The number of nitrogens with zero attached hydrogens (tertiary/aromatic N) is 3. The molecule has 0 bridgehead atoms. The Bertz CT molecular complexity index is 1360. The van der Waals surface area contributed by atoms with E-state index in [2.05, 4.69) is 9.84 Å². The molecule has 0 fully saturated rings. The quantitative estimate of drug-likeness (QED) is 0.284. The summed E-state index contributed by atoms with van der Waals surface area (Å²) in [5.74, 6) is -1.90. The van der Waals surface area contributed by atoms with Gasteiger partial charge in [-0.15, -0.1) is 0 Å². The SMILES string of the molecule is COC(=O)C[C@H](O)CC(=O)/C=C/c1c(C(C)C)c(C(=O)N(C)Cc2ccccc2C)nn1-c1ccc(F)cc1. The molecule has 1 heterocycles. The number of aryl methyl sites for hydroxylation is 1. The predicted molar refractivity (Wildman–Crippen MR) is 146 cm³/mol. The van der Waals surface area contributed by atoms with E-state index in [1.54, 1.807) is 11.9 Å². The Balaban J connectivity index is 2.01. The summed E-state index contributed by atoms with van der Waals surface area (Å²) in [7, 11) is 2.91. The number of carbonyl (C=O) groups is 3. The van der Waals surface area contributed by atoms with Crippen molar-refractivity contribution in [3.63, 3.8) is 0 Å². The summed E-state index contributed by atoms with van der Waals surface area (Å²) in [6, 6.07) is 13.5. The molecule has 0 aliphatic rings. The second-order valence-corrected chi connectivity index (χ2v) is 9.72. The molecule has 206 valence electrons. The van der Waals surface area contributed by atoms with Crippen molar-refractivity contribution in [1.82, 2.24) is 14.7 Å². The number of halogens is 1. The molecule has 0 saturated heterocycles. The van der Waals surface area contributed by atoms with E-state index in [9.17, 15) is 23.9 Å². The molecule has 0 unspecified atom stereocenters. The van der Waals surface area contributed by atoms with Crippen LogP contribution in [-0.2, 0) is 20.9 Å². The van der Waals surface area contributed by atoms with Crippen molar-refractivity contribution in [1.29, 1.82) is 0 Å². The number of hydrogen-bond acceptors (Lipinski definition) is 6. The van der Waals surface area contributed by atoms with Crippen LogP contribution in [0.3, 0.4) is 0 Å². The largest absolute Gasteiger partial charge is 0.469 e. The average molecular weight is 536 g/mol. The van der Waals surface area contributed by atoms with Crippen molar-refractivity contribution in [2.24, 2.45) is 0 Å². The topological polar surface area (TPSA) is 102 Å². The Hall–Kier alpha value is -4.11. The summed E-state index contributed by atoms with van der Waals surface area (Å²) in [6.45, 7) is 6.21. The Morgan fingerprint density at radius 2 is 1.77 bits per heavy atom. The van der Waals surface area contributed by atoms with Crippen molar-refractivity contribution in [3.8, 4) is 5.69 Å². The van der Waals surface area contributed by atoms with Gasteiger partial charge in [-0.1, -0.05) is 38.1 Å². The van der Waals surface area contributed by atoms with E-state index in [1.807, 2.05) is 45.0 Å². The fourth-order valence-corrected chi connectivity index (χ4v) is 4.23. The van der Waals surface area contributed by atoms with Gasteiger partial charge >= 0.3 is 5.97 Å². The van der Waals surface area contributed by atoms with Gasteiger partial charge in [-0.3, -0.25) is 14.4 Å². The van der Waals surface area contributed by atoms with Gasteiger partial charge in [-0.25, -0.2) is 9.07 Å². The summed E-state index contributed by atoms with van der Waals surface area (Å²) < 4.78 is 19.7. The number of ketones is 1. The Labute approximate surface area is 227 Å². The average Bonchev–Trinajstić information content (AvgIpc) is 3.28. The highest BCUT2D eigenvalue weighted by Crippen LogP contribution is 2.29. The van der Waals surface area contributed by atoms with E-state index in [4.69, 9.17) is 0 Å². The minimum atomic E-state index is -1.19. The van der Waals surface area contributed by atoms with Gasteiger partial charge in [0.25, 0.3) is 5.91 Å². The van der Waals surface area contributed by atoms with Crippen molar-refractivity contribution in [2.45, 2.75) is 52.2 Å². The van der Waals surface area contributed by atoms with Crippen LogP contribution in [0.1, 0.15) is 65.5 Å². The first-order valence-electron chi connectivity index (χ1n) is 12.7. The minimum Gasteiger partial charge on any atom is -0.469 e. The van der Waals surface area contributed by atoms with E-state index in [0.29, 0.717) is 23.5 Å². The van der Waals surface area contributed by atoms with Gasteiger partial charge in [-0.2, -0.15) is 5.10 Å². The van der Waals surface area contributed by atoms with Gasteiger partial charge in [0.1, 0.15) is 5.82 Å². The van der Waals surface area contributed by atoms with E-state index in [0.717, 1.165) is 11.1 Å². The molecule has 39 heavy (non-hydrogen) atoms. The van der Waals surface area contributed by atoms with Crippen LogP contribution in [0.2, 0.25) is 0 Å². The first-order chi connectivity index (χ1) is 18.5. The molecule has 3 aromatic rings. The maximum absolute atomic E-state index is 13.7.